The molecular weight excluding hydrogens is 338 g/mol. The number of halogens is 1. The Labute approximate surface area is 150 Å². The van der Waals surface area contributed by atoms with E-state index >= 15 is 0 Å². The maximum Gasteiger partial charge on any atom is 0.343 e. The second kappa shape index (κ2) is 7.64. The molecule has 0 aliphatic heterocycles. The molecule has 0 atom stereocenters. The molecule has 0 aromatic heterocycles. The maximum atomic E-state index is 12.2. The minimum Gasteiger partial charge on any atom is -0.423 e. The normalized spacial score (nSPS) is 10.1. The molecule has 0 aliphatic rings. The van der Waals surface area contributed by atoms with Gasteiger partial charge in [0.25, 0.3) is 5.91 Å². The highest BCUT2D eigenvalue weighted by atomic mass is 35.5. The molecule has 0 unspecified atom stereocenters. The van der Waals surface area contributed by atoms with Crippen molar-refractivity contribution in [2.24, 2.45) is 0 Å². The average molecular weight is 352 g/mol. The second-order valence-electron chi connectivity index (χ2n) is 5.24. The van der Waals surface area contributed by atoms with Gasteiger partial charge in [-0.15, -0.1) is 0 Å². The van der Waals surface area contributed by atoms with Gasteiger partial charge in [-0.05, 0) is 60.7 Å². The number of ether oxygens (including phenoxy) is 1. The Hall–Kier alpha value is -3.11. The zero-order valence-corrected chi connectivity index (χ0v) is 13.9. The highest BCUT2D eigenvalue weighted by molar-refractivity contribution is 6.30. The molecule has 124 valence electrons. The van der Waals surface area contributed by atoms with Crippen molar-refractivity contribution in [3.8, 4) is 5.75 Å². The number of carbonyl (C=O) groups excluding carboxylic acids is 2. The summed E-state index contributed by atoms with van der Waals surface area (Å²) in [4.78, 5) is 24.2. The van der Waals surface area contributed by atoms with E-state index in [2.05, 4.69) is 5.32 Å². The van der Waals surface area contributed by atoms with E-state index in [1.165, 1.54) is 0 Å². The van der Waals surface area contributed by atoms with Gasteiger partial charge < -0.3 is 10.1 Å². The summed E-state index contributed by atoms with van der Waals surface area (Å²) in [7, 11) is 0. The Morgan fingerprint density at radius 2 is 1.36 bits per heavy atom. The highest BCUT2D eigenvalue weighted by Gasteiger charge is 2.10. The number of nitrogens with one attached hydrogen (secondary N) is 1. The molecule has 0 radical (unpaired) electrons. The Bertz CT molecular complexity index is 875. The highest BCUT2D eigenvalue weighted by Crippen LogP contribution is 2.17. The van der Waals surface area contributed by atoms with Crippen molar-refractivity contribution in [1.82, 2.24) is 0 Å². The van der Waals surface area contributed by atoms with Crippen molar-refractivity contribution >= 4 is 29.2 Å². The molecule has 0 bridgehead atoms. The maximum absolute atomic E-state index is 12.2. The van der Waals surface area contributed by atoms with Gasteiger partial charge in [0, 0.05) is 16.3 Å². The van der Waals surface area contributed by atoms with Gasteiger partial charge in [0.05, 0.1) is 5.56 Å². The van der Waals surface area contributed by atoms with Crippen molar-refractivity contribution in [2.45, 2.75) is 0 Å². The summed E-state index contributed by atoms with van der Waals surface area (Å²) in [6.07, 6.45) is 0. The molecule has 0 heterocycles. The van der Waals surface area contributed by atoms with Crippen molar-refractivity contribution in [3.05, 3.63) is 95.0 Å². The van der Waals surface area contributed by atoms with Crippen LogP contribution in [0.25, 0.3) is 0 Å². The standard InChI is InChI=1S/C20H14ClNO3/c21-16-10-6-15(7-11-16)20(24)25-18-12-8-14(9-13-18)19(23)22-17-4-2-1-3-5-17/h1-13H,(H,22,23). The van der Waals surface area contributed by atoms with Crippen LogP contribution in [0.2, 0.25) is 5.02 Å². The lowest BCUT2D eigenvalue weighted by Gasteiger charge is -2.07. The second-order valence-corrected chi connectivity index (χ2v) is 5.68. The molecule has 5 heteroatoms. The van der Waals surface area contributed by atoms with E-state index in [1.54, 1.807) is 60.7 Å². The molecular formula is C20H14ClNO3. The van der Waals surface area contributed by atoms with Gasteiger partial charge >= 0.3 is 5.97 Å². The molecule has 4 nitrogen and oxygen atoms in total. The third-order valence-electron chi connectivity index (χ3n) is 3.44. The predicted octanol–water partition coefficient (Wildman–Crippen LogP) is 4.81. The van der Waals surface area contributed by atoms with E-state index in [-0.39, 0.29) is 5.91 Å². The summed E-state index contributed by atoms with van der Waals surface area (Å²) < 4.78 is 5.28. The van der Waals surface area contributed by atoms with Crippen LogP contribution in [0.4, 0.5) is 5.69 Å². The minimum atomic E-state index is -0.488. The van der Waals surface area contributed by atoms with Gasteiger partial charge in [0.2, 0.25) is 0 Å². The van der Waals surface area contributed by atoms with Crippen LogP contribution in [0, 0.1) is 0 Å². The van der Waals surface area contributed by atoms with Crippen LogP contribution in [-0.2, 0) is 0 Å². The van der Waals surface area contributed by atoms with Crippen molar-refractivity contribution < 1.29 is 14.3 Å². The summed E-state index contributed by atoms with van der Waals surface area (Å²) in [6.45, 7) is 0. The van der Waals surface area contributed by atoms with Crippen LogP contribution >= 0.6 is 11.6 Å². The number of rotatable bonds is 4. The van der Waals surface area contributed by atoms with Crippen molar-refractivity contribution in [3.63, 3.8) is 0 Å². The fourth-order valence-corrected chi connectivity index (χ4v) is 2.28. The molecule has 0 saturated carbocycles. The van der Waals surface area contributed by atoms with Crippen LogP contribution in [0.1, 0.15) is 20.7 Å². The summed E-state index contributed by atoms with van der Waals surface area (Å²) in [5.74, 6) is -0.365. The summed E-state index contributed by atoms with van der Waals surface area (Å²) >= 11 is 5.79. The first-order valence-corrected chi connectivity index (χ1v) is 7.94. The third kappa shape index (κ3) is 4.46. The first-order chi connectivity index (χ1) is 12.1. The van der Waals surface area contributed by atoms with E-state index in [9.17, 15) is 9.59 Å². The molecule has 3 rings (SSSR count). The Morgan fingerprint density at radius 3 is 2.00 bits per heavy atom. The van der Waals surface area contributed by atoms with Crippen LogP contribution in [-0.4, -0.2) is 11.9 Å². The van der Waals surface area contributed by atoms with Gasteiger partial charge in [-0.1, -0.05) is 29.8 Å². The molecule has 0 aliphatic carbocycles. The van der Waals surface area contributed by atoms with Gasteiger partial charge in [-0.2, -0.15) is 0 Å². The monoisotopic (exact) mass is 351 g/mol. The van der Waals surface area contributed by atoms with E-state index in [0.717, 1.165) is 0 Å². The van der Waals surface area contributed by atoms with Gasteiger partial charge in [0.15, 0.2) is 0 Å². The molecule has 25 heavy (non-hydrogen) atoms. The van der Waals surface area contributed by atoms with Gasteiger partial charge in [0.1, 0.15) is 5.75 Å². The third-order valence-corrected chi connectivity index (χ3v) is 3.69. The molecule has 1 amide bonds. The molecule has 0 saturated heterocycles. The quantitative estimate of drug-likeness (QED) is 0.542. The van der Waals surface area contributed by atoms with Crippen LogP contribution in [0.3, 0.4) is 0 Å². The number of hydrogen-bond donors (Lipinski definition) is 1. The number of amides is 1. The van der Waals surface area contributed by atoms with Crippen LogP contribution < -0.4 is 10.1 Å². The zero-order valence-electron chi connectivity index (χ0n) is 13.1. The van der Waals surface area contributed by atoms with E-state index in [0.29, 0.717) is 27.6 Å². The van der Waals surface area contributed by atoms with E-state index < -0.39 is 5.97 Å². The van der Waals surface area contributed by atoms with E-state index in [1.807, 2.05) is 18.2 Å². The Kier molecular flexibility index (Phi) is 5.11. The van der Waals surface area contributed by atoms with E-state index in [4.69, 9.17) is 16.3 Å². The molecule has 3 aromatic carbocycles. The number of carbonyl (C=O) groups is 2. The fraction of sp³-hybridized carbons (Fsp3) is 0. The molecule has 1 N–H and O–H groups in total. The smallest absolute Gasteiger partial charge is 0.343 e. The lowest BCUT2D eigenvalue weighted by molar-refractivity contribution is 0.0734. The summed E-state index contributed by atoms with van der Waals surface area (Å²) in [5, 5.41) is 3.34. The average Bonchev–Trinajstić information content (AvgIpc) is 2.63. The molecule has 3 aromatic rings. The molecule has 0 spiro atoms. The minimum absolute atomic E-state index is 0.234. The summed E-state index contributed by atoms with van der Waals surface area (Å²) in [6, 6.07) is 21.9. The zero-order chi connectivity index (χ0) is 17.6. The largest absolute Gasteiger partial charge is 0.423 e. The lowest BCUT2D eigenvalue weighted by Crippen LogP contribution is -2.12. The van der Waals surface area contributed by atoms with Crippen LogP contribution in [0.5, 0.6) is 5.75 Å². The molecule has 0 fully saturated rings. The SMILES string of the molecule is O=C(Nc1ccccc1)c1ccc(OC(=O)c2ccc(Cl)cc2)cc1. The number of anilines is 1. The van der Waals surface area contributed by atoms with Gasteiger partial charge in [-0.25, -0.2) is 4.79 Å². The lowest BCUT2D eigenvalue weighted by atomic mass is 10.2. The van der Waals surface area contributed by atoms with Gasteiger partial charge in [-0.3, -0.25) is 4.79 Å². The predicted molar refractivity (Wildman–Crippen MR) is 97.2 cm³/mol. The number of benzene rings is 3. The number of para-hydroxylation sites is 1. The van der Waals surface area contributed by atoms with Crippen LogP contribution in [0.15, 0.2) is 78.9 Å². The Balaban J connectivity index is 1.64. The number of hydrogen-bond acceptors (Lipinski definition) is 3. The first-order valence-electron chi connectivity index (χ1n) is 7.56. The Morgan fingerprint density at radius 1 is 0.760 bits per heavy atom. The topological polar surface area (TPSA) is 55.4 Å². The number of esters is 1. The van der Waals surface area contributed by atoms with Crippen molar-refractivity contribution in [1.29, 1.82) is 0 Å². The first kappa shape index (κ1) is 16.7. The summed E-state index contributed by atoms with van der Waals surface area (Å²) in [5.41, 5.74) is 1.58. The fourth-order valence-electron chi connectivity index (χ4n) is 2.15. The van der Waals surface area contributed by atoms with Crippen molar-refractivity contribution in [2.75, 3.05) is 5.32 Å².